The molecule has 0 aromatic heterocycles. The normalized spacial score (nSPS) is 19.7. The second-order valence-corrected chi connectivity index (χ2v) is 7.30. The van der Waals surface area contributed by atoms with E-state index >= 15 is 0 Å². The van der Waals surface area contributed by atoms with Crippen LogP contribution in [0.3, 0.4) is 0 Å². The molecule has 2 fully saturated rings. The minimum atomic E-state index is -0.589. The summed E-state index contributed by atoms with van der Waals surface area (Å²) >= 11 is 0. The van der Waals surface area contributed by atoms with E-state index in [1.807, 2.05) is 0 Å². The Morgan fingerprint density at radius 2 is 2.04 bits per heavy atom. The van der Waals surface area contributed by atoms with E-state index < -0.39 is 29.3 Å². The summed E-state index contributed by atoms with van der Waals surface area (Å²) in [5.74, 6) is -1.75. The van der Waals surface area contributed by atoms with Crippen molar-refractivity contribution in [1.82, 2.24) is 4.90 Å². The Morgan fingerprint density at radius 3 is 2.71 bits per heavy atom. The number of rotatable bonds is 6. The third-order valence-corrected chi connectivity index (χ3v) is 5.31. The zero-order valence-corrected chi connectivity index (χ0v) is 15.7. The summed E-state index contributed by atoms with van der Waals surface area (Å²) in [5.41, 5.74) is 0.798. The van der Waals surface area contributed by atoms with E-state index in [2.05, 4.69) is 5.32 Å². The third-order valence-electron chi connectivity index (χ3n) is 5.31. The second-order valence-electron chi connectivity index (χ2n) is 7.30. The van der Waals surface area contributed by atoms with Gasteiger partial charge in [0.15, 0.2) is 6.61 Å². The van der Waals surface area contributed by atoms with Crippen LogP contribution in [0.15, 0.2) is 18.2 Å². The van der Waals surface area contributed by atoms with Crippen LogP contribution in [-0.4, -0.2) is 46.8 Å². The molecule has 3 rings (SSSR count). The number of nitro groups is 1. The number of non-ortho nitro benzene ring substituents is 1. The van der Waals surface area contributed by atoms with Crippen molar-refractivity contribution in [2.75, 3.05) is 18.5 Å². The Morgan fingerprint density at radius 1 is 1.32 bits per heavy atom. The summed E-state index contributed by atoms with van der Waals surface area (Å²) in [4.78, 5) is 48.5. The molecule has 2 aliphatic rings. The summed E-state index contributed by atoms with van der Waals surface area (Å²) < 4.78 is 5.07. The lowest BCUT2D eigenvalue weighted by Crippen LogP contribution is -2.35. The molecule has 0 unspecified atom stereocenters. The molecule has 9 heteroatoms. The maximum Gasteiger partial charge on any atom is 0.311 e. The van der Waals surface area contributed by atoms with Crippen molar-refractivity contribution in [3.63, 3.8) is 0 Å². The standard InChI is InChI=1S/C19H23N3O6/c1-12-6-7-15(22(26)27)9-16(12)20-17(23)11-28-19(25)13-8-18(24)21(10-13)14-4-2-3-5-14/h6-7,9,13-14H,2-5,8,10-11H2,1H3,(H,20,23)/t13-/m0/s1. The molecule has 0 spiro atoms. The molecule has 1 aliphatic heterocycles. The Balaban J connectivity index is 1.51. The molecular weight excluding hydrogens is 366 g/mol. The maximum atomic E-state index is 12.2. The van der Waals surface area contributed by atoms with Crippen LogP contribution in [0, 0.1) is 23.0 Å². The van der Waals surface area contributed by atoms with Crippen molar-refractivity contribution in [3.8, 4) is 0 Å². The zero-order chi connectivity index (χ0) is 20.3. The highest BCUT2D eigenvalue weighted by atomic mass is 16.6. The molecule has 9 nitrogen and oxygen atoms in total. The fourth-order valence-electron chi connectivity index (χ4n) is 3.76. The lowest BCUT2D eigenvalue weighted by atomic mass is 10.1. The first-order chi connectivity index (χ1) is 13.3. The van der Waals surface area contributed by atoms with Crippen molar-refractivity contribution >= 4 is 29.2 Å². The number of nitrogens with one attached hydrogen (secondary N) is 1. The van der Waals surface area contributed by atoms with Gasteiger partial charge in [0.1, 0.15) is 0 Å². The van der Waals surface area contributed by atoms with Crippen LogP contribution >= 0.6 is 0 Å². The molecule has 0 radical (unpaired) electrons. The number of anilines is 1. The van der Waals surface area contributed by atoms with Crippen LogP contribution in [0.1, 0.15) is 37.7 Å². The Labute approximate surface area is 162 Å². The smallest absolute Gasteiger partial charge is 0.311 e. The summed E-state index contributed by atoms with van der Waals surface area (Å²) in [6.07, 6.45) is 4.25. The van der Waals surface area contributed by atoms with Gasteiger partial charge in [0.05, 0.1) is 16.5 Å². The maximum absolute atomic E-state index is 12.2. The van der Waals surface area contributed by atoms with Gasteiger partial charge in [-0.1, -0.05) is 18.9 Å². The molecule has 1 atom stereocenters. The molecule has 1 aliphatic carbocycles. The number of carbonyl (C=O) groups excluding carboxylic acids is 3. The zero-order valence-electron chi connectivity index (χ0n) is 15.7. The van der Waals surface area contributed by atoms with E-state index in [9.17, 15) is 24.5 Å². The first-order valence-corrected chi connectivity index (χ1v) is 9.36. The van der Waals surface area contributed by atoms with Gasteiger partial charge in [-0.3, -0.25) is 24.5 Å². The van der Waals surface area contributed by atoms with Gasteiger partial charge in [0.2, 0.25) is 5.91 Å². The SMILES string of the molecule is Cc1ccc([N+](=O)[O-])cc1NC(=O)COC(=O)[C@H]1CC(=O)N(C2CCCC2)C1. The molecule has 28 heavy (non-hydrogen) atoms. The van der Waals surface area contributed by atoms with E-state index in [-0.39, 0.29) is 24.1 Å². The predicted octanol–water partition coefficient (Wildman–Crippen LogP) is 2.18. The van der Waals surface area contributed by atoms with Crippen molar-refractivity contribution in [2.45, 2.75) is 45.1 Å². The van der Waals surface area contributed by atoms with E-state index in [4.69, 9.17) is 4.74 Å². The minimum absolute atomic E-state index is 0.0366. The molecule has 150 valence electrons. The van der Waals surface area contributed by atoms with Crippen LogP contribution < -0.4 is 5.32 Å². The van der Waals surface area contributed by atoms with Gasteiger partial charge in [-0.2, -0.15) is 0 Å². The first-order valence-electron chi connectivity index (χ1n) is 9.36. The molecular formula is C19H23N3O6. The van der Waals surface area contributed by atoms with E-state index in [0.717, 1.165) is 25.7 Å². The number of hydrogen-bond acceptors (Lipinski definition) is 6. The first kappa shape index (κ1) is 19.8. The van der Waals surface area contributed by atoms with E-state index in [0.29, 0.717) is 17.8 Å². The Bertz CT molecular complexity index is 803. The Hall–Kier alpha value is -2.97. The molecule has 2 amide bonds. The average molecular weight is 389 g/mol. The highest BCUT2D eigenvalue weighted by Gasteiger charge is 2.39. The number of benzene rings is 1. The number of aryl methyl sites for hydroxylation is 1. The summed E-state index contributed by atoms with van der Waals surface area (Å²) in [6.45, 7) is 1.54. The number of nitrogens with zero attached hydrogens (tertiary/aromatic N) is 2. The summed E-state index contributed by atoms with van der Waals surface area (Å²) in [7, 11) is 0. The van der Waals surface area contributed by atoms with Gasteiger partial charge >= 0.3 is 5.97 Å². The van der Waals surface area contributed by atoms with Crippen molar-refractivity contribution < 1.29 is 24.0 Å². The average Bonchev–Trinajstić information content (AvgIpc) is 3.30. The van der Waals surface area contributed by atoms with Crippen LogP contribution in [0.5, 0.6) is 0 Å². The number of nitro benzene ring substituents is 1. The number of likely N-dealkylation sites (tertiary alicyclic amines) is 1. The molecule has 1 N–H and O–H groups in total. The number of hydrogen-bond donors (Lipinski definition) is 1. The highest BCUT2D eigenvalue weighted by molar-refractivity contribution is 5.94. The van der Waals surface area contributed by atoms with Gasteiger partial charge in [-0.25, -0.2) is 0 Å². The molecule has 1 saturated heterocycles. The van der Waals surface area contributed by atoms with Crippen LogP contribution in [0.25, 0.3) is 0 Å². The number of ether oxygens (including phenoxy) is 1. The largest absolute Gasteiger partial charge is 0.455 e. The number of esters is 1. The summed E-state index contributed by atoms with van der Waals surface area (Å²) in [6, 6.07) is 4.34. The lowest BCUT2D eigenvalue weighted by molar-refractivity contribution is -0.384. The lowest BCUT2D eigenvalue weighted by Gasteiger charge is -2.23. The molecule has 1 aromatic carbocycles. The van der Waals surface area contributed by atoms with Gasteiger partial charge < -0.3 is 15.0 Å². The van der Waals surface area contributed by atoms with Gasteiger partial charge in [0.25, 0.3) is 11.6 Å². The van der Waals surface area contributed by atoms with Crippen LogP contribution in [0.4, 0.5) is 11.4 Å². The van der Waals surface area contributed by atoms with Crippen LogP contribution in [-0.2, 0) is 19.1 Å². The summed E-state index contributed by atoms with van der Waals surface area (Å²) in [5, 5.41) is 13.4. The van der Waals surface area contributed by atoms with E-state index in [1.165, 1.54) is 18.2 Å². The van der Waals surface area contributed by atoms with Gasteiger partial charge in [-0.05, 0) is 25.3 Å². The third kappa shape index (κ3) is 4.47. The fraction of sp³-hybridized carbons (Fsp3) is 0.526. The van der Waals surface area contributed by atoms with Crippen molar-refractivity contribution in [1.29, 1.82) is 0 Å². The van der Waals surface area contributed by atoms with Crippen molar-refractivity contribution in [2.24, 2.45) is 5.92 Å². The van der Waals surface area contributed by atoms with Crippen LogP contribution in [0.2, 0.25) is 0 Å². The minimum Gasteiger partial charge on any atom is -0.455 e. The topological polar surface area (TPSA) is 119 Å². The number of amides is 2. The van der Waals surface area contributed by atoms with E-state index in [1.54, 1.807) is 11.8 Å². The van der Waals surface area contributed by atoms with Gasteiger partial charge in [-0.15, -0.1) is 0 Å². The van der Waals surface area contributed by atoms with Crippen molar-refractivity contribution in [3.05, 3.63) is 33.9 Å². The van der Waals surface area contributed by atoms with Gasteiger partial charge in [0, 0.05) is 31.1 Å². The fourth-order valence-corrected chi connectivity index (χ4v) is 3.76. The predicted molar refractivity (Wildman–Crippen MR) is 99.5 cm³/mol. The molecule has 1 saturated carbocycles. The monoisotopic (exact) mass is 389 g/mol. The molecule has 0 bridgehead atoms. The second kappa shape index (κ2) is 8.37. The number of carbonyl (C=O) groups is 3. The quantitative estimate of drug-likeness (QED) is 0.452. The highest BCUT2D eigenvalue weighted by Crippen LogP contribution is 2.30. The molecule has 1 heterocycles. The molecule has 1 aromatic rings. The Kier molecular flexibility index (Phi) is 5.91.